The Balaban J connectivity index is 1.33. The van der Waals surface area contributed by atoms with Gasteiger partial charge in [0.1, 0.15) is 0 Å². The molecule has 0 aliphatic rings. The standard InChI is InChI=1S/C46H30/c1-3-14-31(15-4-1)33-26-28-36-34(30-33)27-29-38-37(36)24-13-25-40(38)46-43-22-11-9-20-41(43)45(42-21-10-12-23-44(42)46)39-19-8-7-18-35(39)32-16-5-2-6-17-32/h1-30H. The summed E-state index contributed by atoms with van der Waals surface area (Å²) in [5.41, 5.74) is 10.1. The number of fused-ring (bicyclic) bond motifs is 5. The van der Waals surface area contributed by atoms with Crippen molar-refractivity contribution in [3.05, 3.63) is 182 Å². The summed E-state index contributed by atoms with van der Waals surface area (Å²) < 4.78 is 0. The van der Waals surface area contributed by atoms with E-state index in [2.05, 4.69) is 182 Å². The Morgan fingerprint density at radius 1 is 0.217 bits per heavy atom. The molecule has 214 valence electrons. The second-order valence-corrected chi connectivity index (χ2v) is 12.0. The van der Waals surface area contributed by atoms with Crippen molar-refractivity contribution in [1.29, 1.82) is 0 Å². The maximum Gasteiger partial charge on any atom is -0.00201 e. The SMILES string of the molecule is c1ccc(-c2ccc3c(ccc4c(-c5c6ccccc6c(-c6ccccc6-c6ccccc6)c6ccccc56)cccc43)c2)cc1. The molecule has 0 N–H and O–H groups in total. The van der Waals surface area contributed by atoms with E-state index >= 15 is 0 Å². The minimum Gasteiger partial charge on any atom is -0.0622 e. The first-order valence-corrected chi connectivity index (χ1v) is 15.9. The molecule has 0 saturated carbocycles. The summed E-state index contributed by atoms with van der Waals surface area (Å²) in [6.07, 6.45) is 0. The van der Waals surface area contributed by atoms with E-state index in [-0.39, 0.29) is 0 Å². The predicted octanol–water partition coefficient (Wildman–Crippen LogP) is 13.0. The van der Waals surface area contributed by atoms with Crippen molar-refractivity contribution in [3.8, 4) is 44.5 Å². The molecular formula is C46H30. The Kier molecular flexibility index (Phi) is 6.25. The summed E-state index contributed by atoms with van der Waals surface area (Å²) in [7, 11) is 0. The Labute approximate surface area is 268 Å². The van der Waals surface area contributed by atoms with Crippen molar-refractivity contribution in [2.75, 3.05) is 0 Å². The van der Waals surface area contributed by atoms with Gasteiger partial charge < -0.3 is 0 Å². The first-order valence-electron chi connectivity index (χ1n) is 15.9. The van der Waals surface area contributed by atoms with Gasteiger partial charge in [-0.05, 0) is 93.7 Å². The second kappa shape index (κ2) is 10.9. The predicted molar refractivity (Wildman–Crippen MR) is 198 cm³/mol. The summed E-state index contributed by atoms with van der Waals surface area (Å²) in [6, 6.07) is 66.4. The third kappa shape index (κ3) is 4.23. The molecule has 9 rings (SSSR count). The van der Waals surface area contributed by atoms with Gasteiger partial charge in [-0.2, -0.15) is 0 Å². The molecular weight excluding hydrogens is 553 g/mol. The molecule has 0 unspecified atom stereocenters. The van der Waals surface area contributed by atoms with E-state index in [9.17, 15) is 0 Å². The molecule has 0 atom stereocenters. The molecule has 0 nitrogen and oxygen atoms in total. The van der Waals surface area contributed by atoms with E-state index in [1.165, 1.54) is 87.6 Å². The molecule has 0 aromatic heterocycles. The maximum atomic E-state index is 2.32. The highest BCUT2D eigenvalue weighted by Gasteiger charge is 2.20. The summed E-state index contributed by atoms with van der Waals surface area (Å²) >= 11 is 0. The normalized spacial score (nSPS) is 11.5. The highest BCUT2D eigenvalue weighted by atomic mass is 14.2. The molecule has 0 heteroatoms. The topological polar surface area (TPSA) is 0 Å². The van der Waals surface area contributed by atoms with Crippen molar-refractivity contribution < 1.29 is 0 Å². The van der Waals surface area contributed by atoms with Crippen molar-refractivity contribution in [2.24, 2.45) is 0 Å². The van der Waals surface area contributed by atoms with Gasteiger partial charge >= 0.3 is 0 Å². The van der Waals surface area contributed by atoms with Crippen LogP contribution in [0.15, 0.2) is 182 Å². The highest BCUT2D eigenvalue weighted by Crippen LogP contribution is 2.47. The molecule has 0 saturated heterocycles. The Hall–Kier alpha value is -5.98. The fourth-order valence-electron chi connectivity index (χ4n) is 7.41. The first-order chi connectivity index (χ1) is 22.8. The van der Waals surface area contributed by atoms with E-state index < -0.39 is 0 Å². The van der Waals surface area contributed by atoms with E-state index in [0.717, 1.165) is 0 Å². The monoisotopic (exact) mass is 582 g/mol. The fraction of sp³-hybridized carbons (Fsp3) is 0. The lowest BCUT2D eigenvalue weighted by molar-refractivity contribution is 1.61. The number of hydrogen-bond donors (Lipinski definition) is 0. The maximum absolute atomic E-state index is 2.32. The lowest BCUT2D eigenvalue weighted by Gasteiger charge is -2.20. The molecule has 46 heavy (non-hydrogen) atoms. The van der Waals surface area contributed by atoms with Gasteiger partial charge in [0.15, 0.2) is 0 Å². The van der Waals surface area contributed by atoms with Gasteiger partial charge in [0.25, 0.3) is 0 Å². The lowest BCUT2D eigenvalue weighted by atomic mass is 9.82. The molecule has 0 aliphatic heterocycles. The molecule has 0 spiro atoms. The first kappa shape index (κ1) is 26.4. The van der Waals surface area contributed by atoms with Gasteiger partial charge in [0, 0.05) is 0 Å². The van der Waals surface area contributed by atoms with Crippen LogP contribution in [0, 0.1) is 0 Å². The van der Waals surface area contributed by atoms with Gasteiger partial charge in [-0.25, -0.2) is 0 Å². The second-order valence-electron chi connectivity index (χ2n) is 12.0. The number of benzene rings is 9. The van der Waals surface area contributed by atoms with Crippen LogP contribution in [0.1, 0.15) is 0 Å². The van der Waals surface area contributed by atoms with Crippen LogP contribution in [0.2, 0.25) is 0 Å². The quantitative estimate of drug-likeness (QED) is 0.143. The fourth-order valence-corrected chi connectivity index (χ4v) is 7.41. The van der Waals surface area contributed by atoms with Crippen molar-refractivity contribution in [2.45, 2.75) is 0 Å². The van der Waals surface area contributed by atoms with Crippen LogP contribution in [-0.2, 0) is 0 Å². The third-order valence-electron chi connectivity index (χ3n) is 9.47. The summed E-state index contributed by atoms with van der Waals surface area (Å²) in [4.78, 5) is 0. The lowest BCUT2D eigenvalue weighted by Crippen LogP contribution is -1.93. The summed E-state index contributed by atoms with van der Waals surface area (Å²) in [5.74, 6) is 0. The van der Waals surface area contributed by atoms with E-state index in [1.54, 1.807) is 0 Å². The Bertz CT molecular complexity index is 2500. The van der Waals surface area contributed by atoms with Crippen molar-refractivity contribution in [1.82, 2.24) is 0 Å². The zero-order chi connectivity index (χ0) is 30.5. The smallest absolute Gasteiger partial charge is 0.00201 e. The number of rotatable bonds is 4. The molecule has 0 radical (unpaired) electrons. The third-order valence-corrected chi connectivity index (χ3v) is 9.47. The van der Waals surface area contributed by atoms with Crippen molar-refractivity contribution in [3.63, 3.8) is 0 Å². The van der Waals surface area contributed by atoms with Gasteiger partial charge in [0.2, 0.25) is 0 Å². The molecule has 0 aliphatic carbocycles. The largest absolute Gasteiger partial charge is 0.0622 e. The Morgan fingerprint density at radius 2 is 0.696 bits per heavy atom. The number of hydrogen-bond acceptors (Lipinski definition) is 0. The van der Waals surface area contributed by atoms with Gasteiger partial charge in [-0.3, -0.25) is 0 Å². The van der Waals surface area contributed by atoms with Gasteiger partial charge in [-0.1, -0.05) is 176 Å². The summed E-state index contributed by atoms with van der Waals surface area (Å²) in [5, 5.41) is 10.2. The molecule has 0 heterocycles. The molecule has 0 fully saturated rings. The zero-order valence-corrected chi connectivity index (χ0v) is 25.3. The van der Waals surface area contributed by atoms with Crippen LogP contribution in [0.25, 0.3) is 87.6 Å². The zero-order valence-electron chi connectivity index (χ0n) is 25.3. The highest BCUT2D eigenvalue weighted by molar-refractivity contribution is 6.25. The van der Waals surface area contributed by atoms with Gasteiger partial charge in [-0.15, -0.1) is 0 Å². The van der Waals surface area contributed by atoms with Crippen LogP contribution in [0.3, 0.4) is 0 Å². The van der Waals surface area contributed by atoms with Crippen LogP contribution in [0.4, 0.5) is 0 Å². The van der Waals surface area contributed by atoms with Crippen LogP contribution < -0.4 is 0 Å². The van der Waals surface area contributed by atoms with Crippen LogP contribution in [0.5, 0.6) is 0 Å². The molecule has 9 aromatic carbocycles. The van der Waals surface area contributed by atoms with E-state index in [4.69, 9.17) is 0 Å². The van der Waals surface area contributed by atoms with Crippen molar-refractivity contribution >= 4 is 43.1 Å². The molecule has 0 amide bonds. The molecule has 9 aromatic rings. The van der Waals surface area contributed by atoms with Gasteiger partial charge in [0.05, 0.1) is 0 Å². The minimum absolute atomic E-state index is 1.23. The van der Waals surface area contributed by atoms with E-state index in [1.807, 2.05) is 0 Å². The van der Waals surface area contributed by atoms with Crippen LogP contribution in [-0.4, -0.2) is 0 Å². The van der Waals surface area contributed by atoms with E-state index in [0.29, 0.717) is 0 Å². The average molecular weight is 583 g/mol. The molecule has 0 bridgehead atoms. The Morgan fingerprint density at radius 3 is 1.35 bits per heavy atom. The minimum atomic E-state index is 1.23. The average Bonchev–Trinajstić information content (AvgIpc) is 3.14. The van der Waals surface area contributed by atoms with Crippen LogP contribution >= 0.6 is 0 Å². The summed E-state index contributed by atoms with van der Waals surface area (Å²) in [6.45, 7) is 0.